The lowest BCUT2D eigenvalue weighted by Gasteiger charge is -2.27. The molecule has 2 aliphatic rings. The molecule has 33 heavy (non-hydrogen) atoms. The Morgan fingerprint density at radius 3 is 2.21 bits per heavy atom. The number of carbonyl (C=O) groups excluding carboxylic acids is 2. The van der Waals surface area contributed by atoms with Gasteiger partial charge in [-0.15, -0.1) is 0 Å². The molecule has 0 bridgehead atoms. The zero-order valence-electron chi connectivity index (χ0n) is 18.0. The molecule has 2 amide bonds. The number of carbonyl (C=O) groups is 2. The van der Waals surface area contributed by atoms with E-state index in [1.54, 1.807) is 36.4 Å². The third-order valence-electron chi connectivity index (χ3n) is 6.24. The fourth-order valence-corrected chi connectivity index (χ4v) is 5.52. The molecule has 7 nitrogen and oxygen atoms in total. The highest BCUT2D eigenvalue weighted by Crippen LogP contribution is 2.30. The van der Waals surface area contributed by atoms with Gasteiger partial charge >= 0.3 is 0 Å². The highest BCUT2D eigenvalue weighted by atomic mass is 32.2. The Morgan fingerprint density at radius 1 is 0.939 bits per heavy atom. The number of rotatable bonds is 7. The number of sulfonamides is 1. The van der Waals surface area contributed by atoms with E-state index < -0.39 is 10.0 Å². The lowest BCUT2D eigenvalue weighted by atomic mass is 9.94. The van der Waals surface area contributed by atoms with Gasteiger partial charge < -0.3 is 4.74 Å². The minimum atomic E-state index is -3.62. The summed E-state index contributed by atoms with van der Waals surface area (Å²) in [6, 6.07) is 17.4. The van der Waals surface area contributed by atoms with Gasteiger partial charge in [-0.1, -0.05) is 36.4 Å². The van der Waals surface area contributed by atoms with Crippen molar-refractivity contribution in [3.63, 3.8) is 0 Å². The van der Waals surface area contributed by atoms with Gasteiger partial charge in [0.05, 0.1) is 11.0 Å². The largest absolute Gasteiger partial charge is 0.377 e. The van der Waals surface area contributed by atoms with E-state index in [1.165, 1.54) is 4.90 Å². The first-order valence-electron chi connectivity index (χ1n) is 11.0. The first-order valence-corrected chi connectivity index (χ1v) is 12.5. The predicted molar refractivity (Wildman–Crippen MR) is 124 cm³/mol. The Balaban J connectivity index is 1.27. The van der Waals surface area contributed by atoms with Crippen molar-refractivity contribution in [1.82, 2.24) is 9.62 Å². The third kappa shape index (κ3) is 4.17. The van der Waals surface area contributed by atoms with Crippen LogP contribution in [0.15, 0.2) is 65.6 Å². The average molecular weight is 465 g/mol. The van der Waals surface area contributed by atoms with E-state index in [1.807, 2.05) is 24.3 Å². The summed E-state index contributed by atoms with van der Waals surface area (Å²) in [5.74, 6) is -0.608. The molecular formula is C25H24N2O5S. The van der Waals surface area contributed by atoms with Crippen LogP contribution >= 0.6 is 0 Å². The maximum Gasteiger partial charge on any atom is 0.261 e. The summed E-state index contributed by atoms with van der Waals surface area (Å²) in [4.78, 5) is 27.5. The highest BCUT2D eigenvalue weighted by Gasteiger charge is 2.32. The Labute approximate surface area is 192 Å². The van der Waals surface area contributed by atoms with E-state index in [0.717, 1.165) is 23.8 Å². The number of nitrogens with zero attached hydrogens (tertiary/aromatic N) is 1. The molecule has 2 heterocycles. The number of amides is 2. The number of ether oxygens (including phenoxy) is 1. The molecule has 0 radical (unpaired) electrons. The predicted octanol–water partition coefficient (Wildman–Crippen LogP) is 3.14. The van der Waals surface area contributed by atoms with Crippen LogP contribution in [0.5, 0.6) is 0 Å². The Morgan fingerprint density at radius 2 is 1.61 bits per heavy atom. The topological polar surface area (TPSA) is 92.8 Å². The first kappa shape index (κ1) is 21.8. The minimum Gasteiger partial charge on any atom is -0.377 e. The van der Waals surface area contributed by atoms with Crippen LogP contribution in [0.3, 0.4) is 0 Å². The number of hydrogen-bond donors (Lipinski definition) is 1. The van der Waals surface area contributed by atoms with Gasteiger partial charge in [0, 0.05) is 36.2 Å². The van der Waals surface area contributed by atoms with Crippen molar-refractivity contribution >= 4 is 32.6 Å². The average Bonchev–Trinajstić information content (AvgIpc) is 3.35. The molecule has 170 valence electrons. The van der Waals surface area contributed by atoms with Gasteiger partial charge in [0.15, 0.2) is 0 Å². The highest BCUT2D eigenvalue weighted by molar-refractivity contribution is 7.89. The van der Waals surface area contributed by atoms with Gasteiger partial charge in [0.1, 0.15) is 0 Å². The van der Waals surface area contributed by atoms with Crippen LogP contribution < -0.4 is 4.72 Å². The van der Waals surface area contributed by atoms with Crippen molar-refractivity contribution in [2.24, 2.45) is 0 Å². The fraction of sp³-hybridized carbons (Fsp3) is 0.280. The van der Waals surface area contributed by atoms with Gasteiger partial charge in [-0.2, -0.15) is 0 Å². The SMILES string of the molecule is O=C1c2cccc3cccc(c23)C(=O)N1CCc1ccc(S(=O)(=O)NC[C@@H]2CCCO2)cc1. The number of hydrogen-bond acceptors (Lipinski definition) is 5. The van der Waals surface area contributed by atoms with E-state index in [4.69, 9.17) is 4.74 Å². The van der Waals surface area contributed by atoms with Gasteiger partial charge in [-0.3, -0.25) is 14.5 Å². The smallest absolute Gasteiger partial charge is 0.261 e. The summed E-state index contributed by atoms with van der Waals surface area (Å²) in [7, 11) is -3.62. The normalized spacial score (nSPS) is 18.3. The van der Waals surface area contributed by atoms with Crippen LogP contribution in [-0.2, 0) is 21.2 Å². The van der Waals surface area contributed by atoms with Crippen LogP contribution in [0.1, 0.15) is 39.1 Å². The van der Waals surface area contributed by atoms with E-state index >= 15 is 0 Å². The molecule has 0 aliphatic carbocycles. The molecule has 2 aliphatic heterocycles. The summed E-state index contributed by atoms with van der Waals surface area (Å²) >= 11 is 0. The Bertz CT molecular complexity index is 1280. The summed E-state index contributed by atoms with van der Waals surface area (Å²) in [5.41, 5.74) is 1.90. The molecule has 0 saturated carbocycles. The zero-order chi connectivity index (χ0) is 23.0. The van der Waals surface area contributed by atoms with Crippen LogP contribution in [0, 0.1) is 0 Å². The zero-order valence-corrected chi connectivity index (χ0v) is 18.8. The van der Waals surface area contributed by atoms with Crippen molar-refractivity contribution in [3.8, 4) is 0 Å². The molecule has 8 heteroatoms. The number of imide groups is 1. The van der Waals surface area contributed by atoms with Gasteiger partial charge in [0.2, 0.25) is 10.0 Å². The van der Waals surface area contributed by atoms with Gasteiger partial charge in [-0.25, -0.2) is 13.1 Å². The second-order valence-corrected chi connectivity index (χ2v) is 10.1. The van der Waals surface area contributed by atoms with Crippen molar-refractivity contribution in [3.05, 3.63) is 77.4 Å². The number of benzene rings is 3. The molecule has 5 rings (SSSR count). The molecule has 0 spiro atoms. The minimum absolute atomic E-state index is 0.0744. The van der Waals surface area contributed by atoms with Crippen LogP contribution in [0.25, 0.3) is 10.8 Å². The molecule has 3 aromatic rings. The summed E-state index contributed by atoms with van der Waals surface area (Å²) in [6.45, 7) is 1.15. The molecule has 1 N–H and O–H groups in total. The lowest BCUT2D eigenvalue weighted by Crippen LogP contribution is -2.41. The van der Waals surface area contributed by atoms with Gasteiger partial charge in [0.25, 0.3) is 11.8 Å². The summed E-state index contributed by atoms with van der Waals surface area (Å²) in [5, 5.41) is 1.58. The van der Waals surface area contributed by atoms with E-state index in [-0.39, 0.29) is 35.9 Å². The van der Waals surface area contributed by atoms with E-state index in [0.29, 0.717) is 29.5 Å². The fourth-order valence-electron chi connectivity index (χ4n) is 4.45. The summed E-state index contributed by atoms with van der Waals surface area (Å²) in [6.07, 6.45) is 2.16. The maximum atomic E-state index is 13.0. The molecule has 1 saturated heterocycles. The van der Waals surface area contributed by atoms with Crippen molar-refractivity contribution < 1.29 is 22.7 Å². The standard InChI is InChI=1S/C25H24N2O5S/c28-24-21-7-1-4-18-5-2-8-22(23(18)21)25(29)27(24)14-13-17-9-11-20(12-10-17)33(30,31)26-16-19-6-3-15-32-19/h1-2,4-5,7-12,19,26H,3,6,13-16H2/t19-/m0/s1. The van der Waals surface area contributed by atoms with E-state index in [9.17, 15) is 18.0 Å². The monoisotopic (exact) mass is 464 g/mol. The molecule has 0 unspecified atom stereocenters. The molecular weight excluding hydrogens is 440 g/mol. The number of nitrogens with one attached hydrogen (secondary N) is 1. The first-order chi connectivity index (χ1) is 15.9. The van der Waals surface area contributed by atoms with Crippen LogP contribution in [0.2, 0.25) is 0 Å². The Hall–Kier alpha value is -3.07. The quantitative estimate of drug-likeness (QED) is 0.543. The van der Waals surface area contributed by atoms with Gasteiger partial charge in [-0.05, 0) is 54.5 Å². The summed E-state index contributed by atoms with van der Waals surface area (Å²) < 4.78 is 33.1. The molecule has 1 atom stereocenters. The van der Waals surface area contributed by atoms with Crippen molar-refractivity contribution in [2.75, 3.05) is 19.7 Å². The maximum absolute atomic E-state index is 13.0. The van der Waals surface area contributed by atoms with Crippen LogP contribution in [-0.4, -0.2) is 50.9 Å². The van der Waals surface area contributed by atoms with Crippen molar-refractivity contribution in [2.45, 2.75) is 30.3 Å². The van der Waals surface area contributed by atoms with E-state index in [2.05, 4.69) is 4.72 Å². The molecule has 3 aromatic carbocycles. The molecule has 0 aromatic heterocycles. The molecule has 1 fully saturated rings. The second kappa shape index (κ2) is 8.70. The lowest BCUT2D eigenvalue weighted by molar-refractivity contribution is 0.0612. The van der Waals surface area contributed by atoms with Crippen LogP contribution in [0.4, 0.5) is 0 Å². The Kier molecular flexibility index (Phi) is 5.74. The second-order valence-electron chi connectivity index (χ2n) is 8.35. The third-order valence-corrected chi connectivity index (χ3v) is 7.68. The van der Waals surface area contributed by atoms with Crippen molar-refractivity contribution in [1.29, 1.82) is 0 Å².